The van der Waals surface area contributed by atoms with Gasteiger partial charge in [0, 0.05) is 12.5 Å². The molecule has 1 amide bonds. The van der Waals surface area contributed by atoms with Crippen LogP contribution in [0.15, 0.2) is 0 Å². The van der Waals surface area contributed by atoms with Gasteiger partial charge in [0.1, 0.15) is 0 Å². The summed E-state index contributed by atoms with van der Waals surface area (Å²) in [5.74, 6) is 1.06. The third kappa shape index (κ3) is 3.47. The van der Waals surface area contributed by atoms with Gasteiger partial charge in [0.15, 0.2) is 0 Å². The van der Waals surface area contributed by atoms with Crippen LogP contribution in [0.4, 0.5) is 0 Å². The molecule has 104 valence electrons. The molecule has 0 aromatic rings. The fourth-order valence-corrected chi connectivity index (χ4v) is 3.27. The number of carbonyl (C=O) groups excluding carboxylic acids is 1. The topological polar surface area (TPSA) is 49.3 Å². The molecule has 0 heterocycles. The van der Waals surface area contributed by atoms with Crippen molar-refractivity contribution in [3.05, 3.63) is 0 Å². The van der Waals surface area contributed by atoms with E-state index in [0.29, 0.717) is 6.54 Å². The SMILES string of the molecule is CCC(CC1CCCC1)C(=O)NCC1(O)CCC1. The quantitative estimate of drug-likeness (QED) is 0.764. The molecular weight excluding hydrogens is 226 g/mol. The molecule has 2 fully saturated rings. The van der Waals surface area contributed by atoms with Gasteiger partial charge in [0.25, 0.3) is 0 Å². The van der Waals surface area contributed by atoms with Crippen LogP contribution in [-0.2, 0) is 4.79 Å². The zero-order chi connectivity index (χ0) is 13.0. The summed E-state index contributed by atoms with van der Waals surface area (Å²) in [6.45, 7) is 2.55. The summed E-state index contributed by atoms with van der Waals surface area (Å²) in [6, 6.07) is 0. The fraction of sp³-hybridized carbons (Fsp3) is 0.933. The standard InChI is InChI=1S/C15H27NO2/c1-2-13(10-12-6-3-4-7-12)14(17)16-11-15(18)8-5-9-15/h12-13,18H,2-11H2,1H3,(H,16,17). The van der Waals surface area contributed by atoms with Crippen molar-refractivity contribution in [2.45, 2.75) is 70.3 Å². The minimum atomic E-state index is -0.596. The smallest absolute Gasteiger partial charge is 0.223 e. The number of rotatable bonds is 6. The Balaban J connectivity index is 1.73. The van der Waals surface area contributed by atoms with Gasteiger partial charge in [-0.15, -0.1) is 0 Å². The van der Waals surface area contributed by atoms with Crippen molar-refractivity contribution in [2.75, 3.05) is 6.54 Å². The normalized spacial score (nSPS) is 24.6. The first kappa shape index (κ1) is 13.9. The molecule has 2 N–H and O–H groups in total. The van der Waals surface area contributed by atoms with E-state index in [1.54, 1.807) is 0 Å². The summed E-state index contributed by atoms with van der Waals surface area (Å²) in [5.41, 5.74) is -0.596. The molecule has 0 aliphatic heterocycles. The van der Waals surface area contributed by atoms with Crippen molar-refractivity contribution >= 4 is 5.91 Å². The minimum absolute atomic E-state index is 0.150. The van der Waals surface area contributed by atoms with Gasteiger partial charge in [-0.1, -0.05) is 32.6 Å². The van der Waals surface area contributed by atoms with Crippen LogP contribution in [0, 0.1) is 11.8 Å². The lowest BCUT2D eigenvalue weighted by molar-refractivity contribution is -0.128. The monoisotopic (exact) mass is 253 g/mol. The summed E-state index contributed by atoms with van der Waals surface area (Å²) < 4.78 is 0. The van der Waals surface area contributed by atoms with Gasteiger partial charge in [-0.25, -0.2) is 0 Å². The predicted octanol–water partition coefficient (Wildman–Crippen LogP) is 2.62. The molecule has 0 aromatic carbocycles. The summed E-state index contributed by atoms with van der Waals surface area (Å²) >= 11 is 0. The minimum Gasteiger partial charge on any atom is -0.388 e. The maximum Gasteiger partial charge on any atom is 0.223 e. The van der Waals surface area contributed by atoms with Gasteiger partial charge in [-0.2, -0.15) is 0 Å². The molecule has 3 nitrogen and oxygen atoms in total. The molecule has 2 aliphatic carbocycles. The summed E-state index contributed by atoms with van der Waals surface area (Å²) in [4.78, 5) is 12.1. The van der Waals surface area contributed by atoms with E-state index in [9.17, 15) is 9.90 Å². The van der Waals surface area contributed by atoms with Crippen LogP contribution >= 0.6 is 0 Å². The molecule has 0 spiro atoms. The Kier molecular flexibility index (Phi) is 4.66. The van der Waals surface area contributed by atoms with Crippen molar-refractivity contribution < 1.29 is 9.90 Å². The van der Waals surface area contributed by atoms with E-state index < -0.39 is 5.60 Å². The summed E-state index contributed by atoms with van der Waals surface area (Å²) in [7, 11) is 0. The first-order valence-electron chi connectivity index (χ1n) is 7.63. The van der Waals surface area contributed by atoms with Gasteiger partial charge in [-0.05, 0) is 38.0 Å². The van der Waals surface area contributed by atoms with E-state index in [4.69, 9.17) is 0 Å². The third-order valence-corrected chi connectivity index (χ3v) is 4.83. The molecule has 2 saturated carbocycles. The molecule has 1 atom stereocenters. The fourth-order valence-electron chi connectivity index (χ4n) is 3.27. The van der Waals surface area contributed by atoms with Gasteiger partial charge < -0.3 is 10.4 Å². The molecule has 0 saturated heterocycles. The first-order chi connectivity index (χ1) is 8.63. The van der Waals surface area contributed by atoms with Crippen LogP contribution in [0.5, 0.6) is 0 Å². The van der Waals surface area contributed by atoms with Gasteiger partial charge in [-0.3, -0.25) is 4.79 Å². The Labute approximate surface area is 110 Å². The van der Waals surface area contributed by atoms with E-state index in [2.05, 4.69) is 12.2 Å². The molecule has 2 rings (SSSR count). The van der Waals surface area contributed by atoms with Crippen LogP contribution in [0.1, 0.15) is 64.7 Å². The van der Waals surface area contributed by atoms with Crippen molar-refractivity contribution in [1.82, 2.24) is 5.32 Å². The first-order valence-corrected chi connectivity index (χ1v) is 7.63. The van der Waals surface area contributed by atoms with Crippen LogP contribution in [0.3, 0.4) is 0 Å². The Morgan fingerprint density at radius 3 is 2.50 bits per heavy atom. The second-order valence-electron chi connectivity index (χ2n) is 6.29. The van der Waals surface area contributed by atoms with Crippen molar-refractivity contribution in [3.8, 4) is 0 Å². The molecule has 3 heteroatoms. The lowest BCUT2D eigenvalue weighted by atomic mass is 9.80. The highest BCUT2D eigenvalue weighted by molar-refractivity contribution is 5.78. The number of nitrogens with one attached hydrogen (secondary N) is 1. The summed E-state index contributed by atoms with van der Waals surface area (Å²) in [6.07, 6.45) is 10.00. The van der Waals surface area contributed by atoms with Crippen molar-refractivity contribution in [1.29, 1.82) is 0 Å². The summed E-state index contributed by atoms with van der Waals surface area (Å²) in [5, 5.41) is 12.9. The molecule has 1 unspecified atom stereocenters. The Hall–Kier alpha value is -0.570. The average Bonchev–Trinajstić information content (AvgIpc) is 2.83. The third-order valence-electron chi connectivity index (χ3n) is 4.83. The van der Waals surface area contributed by atoms with Crippen LogP contribution in [0.25, 0.3) is 0 Å². The van der Waals surface area contributed by atoms with E-state index in [1.165, 1.54) is 25.7 Å². The van der Waals surface area contributed by atoms with Crippen molar-refractivity contribution in [2.24, 2.45) is 11.8 Å². The zero-order valence-electron chi connectivity index (χ0n) is 11.6. The number of hydrogen-bond acceptors (Lipinski definition) is 2. The van der Waals surface area contributed by atoms with Crippen LogP contribution in [0.2, 0.25) is 0 Å². The highest BCUT2D eigenvalue weighted by atomic mass is 16.3. The lowest BCUT2D eigenvalue weighted by Crippen LogP contribution is -2.49. The molecule has 0 bridgehead atoms. The number of hydrogen-bond donors (Lipinski definition) is 2. The van der Waals surface area contributed by atoms with Gasteiger partial charge in [0.05, 0.1) is 5.60 Å². The van der Waals surface area contributed by atoms with Crippen LogP contribution < -0.4 is 5.32 Å². The second-order valence-corrected chi connectivity index (χ2v) is 6.29. The average molecular weight is 253 g/mol. The van der Waals surface area contributed by atoms with Crippen molar-refractivity contribution in [3.63, 3.8) is 0 Å². The lowest BCUT2D eigenvalue weighted by Gasteiger charge is -2.37. The van der Waals surface area contributed by atoms with Crippen LogP contribution in [-0.4, -0.2) is 23.2 Å². The Bertz CT molecular complexity index is 280. The largest absolute Gasteiger partial charge is 0.388 e. The highest BCUT2D eigenvalue weighted by Gasteiger charge is 2.35. The number of amides is 1. The molecule has 0 aromatic heterocycles. The van der Waals surface area contributed by atoms with E-state index in [-0.39, 0.29) is 11.8 Å². The predicted molar refractivity (Wildman–Crippen MR) is 72.2 cm³/mol. The Morgan fingerprint density at radius 2 is 2.00 bits per heavy atom. The Morgan fingerprint density at radius 1 is 1.33 bits per heavy atom. The van der Waals surface area contributed by atoms with E-state index >= 15 is 0 Å². The van der Waals surface area contributed by atoms with Gasteiger partial charge in [0.2, 0.25) is 5.91 Å². The molecule has 0 radical (unpaired) electrons. The highest BCUT2D eigenvalue weighted by Crippen LogP contribution is 2.32. The maximum atomic E-state index is 12.1. The van der Waals surface area contributed by atoms with E-state index in [1.807, 2.05) is 0 Å². The number of aliphatic hydroxyl groups is 1. The molecule has 18 heavy (non-hydrogen) atoms. The molecular formula is C15H27NO2. The van der Waals surface area contributed by atoms with Gasteiger partial charge >= 0.3 is 0 Å². The zero-order valence-corrected chi connectivity index (χ0v) is 11.6. The van der Waals surface area contributed by atoms with E-state index in [0.717, 1.165) is 38.0 Å². The number of carbonyl (C=O) groups is 1. The second kappa shape index (κ2) is 6.05. The molecule has 2 aliphatic rings. The maximum absolute atomic E-state index is 12.1.